The molecule has 0 radical (unpaired) electrons. The summed E-state index contributed by atoms with van der Waals surface area (Å²) in [5, 5.41) is 8.93. The minimum absolute atomic E-state index is 0.0486. The Morgan fingerprint density at radius 3 is 2.85 bits per heavy atom. The summed E-state index contributed by atoms with van der Waals surface area (Å²) in [5.41, 5.74) is 0. The SMILES string of the molecule is CN(C)CC1CCCN1S(=O)(=O)c1ccc(CCO)s1. The summed E-state index contributed by atoms with van der Waals surface area (Å²) in [6.45, 7) is 1.41. The number of aliphatic hydroxyl groups is 1. The molecule has 1 atom stereocenters. The number of sulfonamides is 1. The molecule has 1 N–H and O–H groups in total. The molecular formula is C13H22N2O3S2. The van der Waals surface area contributed by atoms with Crippen LogP contribution in [0.2, 0.25) is 0 Å². The van der Waals surface area contributed by atoms with Crippen LogP contribution >= 0.6 is 11.3 Å². The van der Waals surface area contributed by atoms with Crippen molar-refractivity contribution in [1.29, 1.82) is 0 Å². The van der Waals surface area contributed by atoms with Crippen LogP contribution < -0.4 is 0 Å². The van der Waals surface area contributed by atoms with Gasteiger partial charge in [-0.1, -0.05) is 0 Å². The highest BCUT2D eigenvalue weighted by molar-refractivity contribution is 7.91. The Labute approximate surface area is 124 Å². The van der Waals surface area contributed by atoms with Crippen LogP contribution in [0.4, 0.5) is 0 Å². The van der Waals surface area contributed by atoms with Crippen LogP contribution in [0.3, 0.4) is 0 Å². The minimum atomic E-state index is -3.39. The quantitative estimate of drug-likeness (QED) is 0.850. The molecule has 5 nitrogen and oxygen atoms in total. The number of rotatable bonds is 6. The van der Waals surface area contributed by atoms with E-state index in [0.717, 1.165) is 24.3 Å². The molecule has 1 fully saturated rings. The van der Waals surface area contributed by atoms with Crippen LogP contribution in [-0.4, -0.2) is 62.6 Å². The van der Waals surface area contributed by atoms with E-state index in [1.807, 2.05) is 19.0 Å². The molecule has 1 aromatic rings. The lowest BCUT2D eigenvalue weighted by Crippen LogP contribution is -2.40. The van der Waals surface area contributed by atoms with E-state index >= 15 is 0 Å². The fraction of sp³-hybridized carbons (Fsp3) is 0.692. The third-order valence-electron chi connectivity index (χ3n) is 3.46. The second-order valence-corrected chi connectivity index (χ2v) is 8.65. The summed E-state index contributed by atoms with van der Waals surface area (Å²) in [4.78, 5) is 2.94. The molecule has 7 heteroatoms. The molecule has 1 aliphatic heterocycles. The molecule has 0 saturated carbocycles. The smallest absolute Gasteiger partial charge is 0.252 e. The highest BCUT2D eigenvalue weighted by Crippen LogP contribution is 2.30. The molecule has 1 aliphatic rings. The first-order valence-electron chi connectivity index (χ1n) is 6.81. The van der Waals surface area contributed by atoms with Gasteiger partial charge in [0.25, 0.3) is 10.0 Å². The molecule has 0 spiro atoms. The first-order valence-corrected chi connectivity index (χ1v) is 9.07. The number of aliphatic hydroxyl groups excluding tert-OH is 1. The van der Waals surface area contributed by atoms with Gasteiger partial charge in [-0.05, 0) is 39.1 Å². The van der Waals surface area contributed by atoms with Crippen molar-refractivity contribution >= 4 is 21.4 Å². The second kappa shape index (κ2) is 6.53. The highest BCUT2D eigenvalue weighted by atomic mass is 32.2. The number of hydrogen-bond donors (Lipinski definition) is 1. The van der Waals surface area contributed by atoms with Crippen LogP contribution in [0.5, 0.6) is 0 Å². The Morgan fingerprint density at radius 1 is 1.45 bits per heavy atom. The van der Waals surface area contributed by atoms with Gasteiger partial charge in [-0.25, -0.2) is 8.42 Å². The second-order valence-electron chi connectivity index (χ2n) is 5.37. The van der Waals surface area contributed by atoms with Crippen LogP contribution in [0.15, 0.2) is 16.3 Å². The fourth-order valence-corrected chi connectivity index (χ4v) is 5.75. The van der Waals surface area contributed by atoms with Gasteiger partial charge in [0.05, 0.1) is 0 Å². The van der Waals surface area contributed by atoms with E-state index in [9.17, 15) is 8.42 Å². The van der Waals surface area contributed by atoms with Gasteiger partial charge in [0.1, 0.15) is 4.21 Å². The predicted octanol–water partition coefficient (Wildman–Crippen LogP) is 0.998. The maximum atomic E-state index is 12.7. The summed E-state index contributed by atoms with van der Waals surface area (Å²) >= 11 is 1.27. The monoisotopic (exact) mass is 318 g/mol. The molecule has 20 heavy (non-hydrogen) atoms. The lowest BCUT2D eigenvalue weighted by molar-refractivity contribution is 0.291. The standard InChI is InChI=1S/C13H22N2O3S2/c1-14(2)10-11-4-3-8-15(11)20(17,18)13-6-5-12(19-13)7-9-16/h5-6,11,16H,3-4,7-10H2,1-2H3. The summed E-state index contributed by atoms with van der Waals surface area (Å²) in [6.07, 6.45) is 2.36. The summed E-state index contributed by atoms with van der Waals surface area (Å²) in [6, 6.07) is 3.53. The summed E-state index contributed by atoms with van der Waals surface area (Å²) in [5.74, 6) is 0. The molecule has 1 aromatic heterocycles. The lowest BCUT2D eigenvalue weighted by atomic mass is 10.2. The Balaban J connectivity index is 2.19. The average molecular weight is 318 g/mol. The summed E-state index contributed by atoms with van der Waals surface area (Å²) in [7, 11) is 0.544. The molecule has 1 saturated heterocycles. The minimum Gasteiger partial charge on any atom is -0.396 e. The molecule has 2 heterocycles. The van der Waals surface area contributed by atoms with E-state index in [2.05, 4.69) is 0 Å². The van der Waals surface area contributed by atoms with E-state index in [1.54, 1.807) is 16.4 Å². The van der Waals surface area contributed by atoms with Crippen molar-refractivity contribution in [2.75, 3.05) is 33.8 Å². The maximum Gasteiger partial charge on any atom is 0.252 e. The molecule has 0 bridgehead atoms. The number of hydrogen-bond acceptors (Lipinski definition) is 5. The van der Waals surface area contributed by atoms with Gasteiger partial charge in [-0.3, -0.25) is 0 Å². The van der Waals surface area contributed by atoms with Crippen molar-refractivity contribution < 1.29 is 13.5 Å². The van der Waals surface area contributed by atoms with Gasteiger partial charge in [-0.2, -0.15) is 4.31 Å². The molecule has 0 amide bonds. The predicted molar refractivity (Wildman–Crippen MR) is 80.6 cm³/mol. The van der Waals surface area contributed by atoms with E-state index in [0.29, 0.717) is 17.2 Å². The number of thiophene rings is 1. The van der Waals surface area contributed by atoms with Crippen molar-refractivity contribution in [2.45, 2.75) is 29.5 Å². The van der Waals surface area contributed by atoms with Crippen molar-refractivity contribution in [3.63, 3.8) is 0 Å². The number of nitrogens with zero attached hydrogens (tertiary/aromatic N) is 2. The Bertz CT molecular complexity index is 540. The van der Waals surface area contributed by atoms with Gasteiger partial charge < -0.3 is 10.0 Å². The third-order valence-corrected chi connectivity index (χ3v) is 7.02. The van der Waals surface area contributed by atoms with Crippen molar-refractivity contribution in [3.8, 4) is 0 Å². The normalized spacial score (nSPS) is 20.9. The van der Waals surface area contributed by atoms with Crippen LogP contribution in [0.1, 0.15) is 17.7 Å². The van der Waals surface area contributed by atoms with Crippen molar-refractivity contribution in [3.05, 3.63) is 17.0 Å². The zero-order valence-electron chi connectivity index (χ0n) is 11.9. The number of likely N-dealkylation sites (N-methyl/N-ethyl adjacent to an activating group) is 1. The largest absolute Gasteiger partial charge is 0.396 e. The molecule has 0 aliphatic carbocycles. The van der Waals surface area contributed by atoms with Crippen molar-refractivity contribution in [1.82, 2.24) is 9.21 Å². The molecule has 2 rings (SSSR count). The van der Waals surface area contributed by atoms with Gasteiger partial charge in [0.2, 0.25) is 0 Å². The molecular weight excluding hydrogens is 296 g/mol. The van der Waals surface area contributed by atoms with Gasteiger partial charge in [-0.15, -0.1) is 11.3 Å². The zero-order valence-corrected chi connectivity index (χ0v) is 13.6. The average Bonchev–Trinajstić information content (AvgIpc) is 2.98. The molecule has 114 valence electrons. The summed E-state index contributed by atoms with van der Waals surface area (Å²) < 4.78 is 27.4. The third kappa shape index (κ3) is 3.40. The first kappa shape index (κ1) is 15.9. The first-order chi connectivity index (χ1) is 9.45. The van der Waals surface area contributed by atoms with Gasteiger partial charge in [0.15, 0.2) is 0 Å². The topological polar surface area (TPSA) is 60.9 Å². The van der Waals surface area contributed by atoms with E-state index in [1.165, 1.54) is 11.3 Å². The van der Waals surface area contributed by atoms with Crippen LogP contribution in [-0.2, 0) is 16.4 Å². The molecule has 0 aromatic carbocycles. The van der Waals surface area contributed by atoms with Crippen LogP contribution in [0, 0.1) is 0 Å². The fourth-order valence-electron chi connectivity index (χ4n) is 2.59. The molecule has 1 unspecified atom stereocenters. The highest BCUT2D eigenvalue weighted by Gasteiger charge is 2.36. The van der Waals surface area contributed by atoms with Crippen molar-refractivity contribution in [2.24, 2.45) is 0 Å². The maximum absolute atomic E-state index is 12.7. The zero-order chi connectivity index (χ0) is 14.8. The van der Waals surface area contributed by atoms with E-state index < -0.39 is 10.0 Å². The van der Waals surface area contributed by atoms with E-state index in [-0.39, 0.29) is 12.6 Å². The van der Waals surface area contributed by atoms with Crippen LogP contribution in [0.25, 0.3) is 0 Å². The Hall–Kier alpha value is -0.470. The lowest BCUT2D eigenvalue weighted by Gasteiger charge is -2.25. The Kier molecular flexibility index (Phi) is 5.19. The van der Waals surface area contributed by atoms with Gasteiger partial charge >= 0.3 is 0 Å². The Morgan fingerprint density at radius 2 is 2.20 bits per heavy atom. The van der Waals surface area contributed by atoms with Gasteiger partial charge in [0, 0.05) is 37.0 Å². The van der Waals surface area contributed by atoms with E-state index in [4.69, 9.17) is 5.11 Å².